The molecule has 1 fully saturated rings. The van der Waals surface area contributed by atoms with Gasteiger partial charge in [-0.2, -0.15) is 0 Å². The second-order valence-electron chi connectivity index (χ2n) is 7.17. The number of rotatable bonds is 7. The quantitative estimate of drug-likeness (QED) is 0.650. The normalized spacial score (nSPS) is 16.8. The molecule has 1 aliphatic rings. The minimum absolute atomic E-state index is 0.0552. The Kier molecular flexibility index (Phi) is 6.27. The number of nitrogens with zero attached hydrogens (tertiary/aromatic N) is 4. The van der Waals surface area contributed by atoms with Crippen molar-refractivity contribution >= 4 is 17.2 Å². The molecule has 2 aromatic heterocycles. The fourth-order valence-electron chi connectivity index (χ4n) is 3.71. The monoisotopic (exact) mass is 407 g/mol. The topological polar surface area (TPSA) is 71.0 Å². The summed E-state index contributed by atoms with van der Waals surface area (Å²) in [7, 11) is 0. The summed E-state index contributed by atoms with van der Waals surface area (Å²) >= 11 is 1.36. The number of carbonyl (C=O) groups excluding carboxylic acids is 1. The van der Waals surface area contributed by atoms with Gasteiger partial charge in [0.25, 0.3) is 5.91 Å². The highest BCUT2D eigenvalue weighted by Gasteiger charge is 2.24. The number of benzene rings is 1. The van der Waals surface area contributed by atoms with Gasteiger partial charge in [0.2, 0.25) is 0 Å². The number of likely N-dealkylation sites (tertiary alicyclic amines) is 1. The molecule has 3 aromatic rings. The van der Waals surface area contributed by atoms with Gasteiger partial charge >= 0.3 is 0 Å². The first kappa shape index (κ1) is 19.7. The van der Waals surface area contributed by atoms with Crippen molar-refractivity contribution in [3.8, 4) is 10.8 Å². The van der Waals surface area contributed by atoms with Crippen LogP contribution in [0.15, 0.2) is 48.8 Å². The summed E-state index contributed by atoms with van der Waals surface area (Å²) in [4.78, 5) is 28.9. The molecule has 1 unspecified atom stereocenters. The summed E-state index contributed by atoms with van der Waals surface area (Å²) in [5.41, 5.74) is 2.22. The third kappa shape index (κ3) is 4.68. The van der Waals surface area contributed by atoms with E-state index in [0.29, 0.717) is 34.6 Å². The Morgan fingerprint density at radius 1 is 1.21 bits per heavy atom. The van der Waals surface area contributed by atoms with Gasteiger partial charge in [-0.05, 0) is 36.9 Å². The van der Waals surface area contributed by atoms with E-state index in [1.807, 2.05) is 6.92 Å². The Labute approximate surface area is 175 Å². The molecule has 0 bridgehead atoms. The smallest absolute Gasteiger partial charge is 0.263 e. The fraction of sp³-hybridized carbons (Fsp3) is 0.364. The zero-order chi connectivity index (χ0) is 20.1. The first-order valence-corrected chi connectivity index (χ1v) is 10.9. The Bertz CT molecular complexity index is 944. The maximum absolute atomic E-state index is 12.7. The lowest BCUT2D eigenvalue weighted by Gasteiger charge is -2.16. The Morgan fingerprint density at radius 2 is 2.00 bits per heavy atom. The van der Waals surface area contributed by atoms with Crippen molar-refractivity contribution in [1.29, 1.82) is 0 Å². The van der Waals surface area contributed by atoms with Crippen LogP contribution in [-0.2, 0) is 6.42 Å². The van der Waals surface area contributed by atoms with Crippen molar-refractivity contribution in [3.63, 3.8) is 0 Å². The Hall–Kier alpha value is -2.64. The SMILES string of the molecule is CCc1nc(-c2ncccn2)sc1C(=O)NCCN1CCC(c2ccccc2)C1. The molecule has 29 heavy (non-hydrogen) atoms. The lowest BCUT2D eigenvalue weighted by Crippen LogP contribution is -2.33. The van der Waals surface area contributed by atoms with Gasteiger partial charge in [-0.1, -0.05) is 37.3 Å². The highest BCUT2D eigenvalue weighted by Crippen LogP contribution is 2.27. The third-order valence-corrected chi connectivity index (χ3v) is 6.34. The largest absolute Gasteiger partial charge is 0.350 e. The molecule has 0 aliphatic carbocycles. The molecule has 0 saturated carbocycles. The summed E-state index contributed by atoms with van der Waals surface area (Å²) in [6.45, 7) is 5.64. The average molecular weight is 408 g/mol. The molecule has 6 nitrogen and oxygen atoms in total. The lowest BCUT2D eigenvalue weighted by molar-refractivity contribution is 0.0952. The zero-order valence-electron chi connectivity index (χ0n) is 16.5. The highest BCUT2D eigenvalue weighted by molar-refractivity contribution is 7.17. The number of carbonyl (C=O) groups is 1. The molecule has 0 spiro atoms. The molecule has 1 aliphatic heterocycles. The van der Waals surface area contributed by atoms with Gasteiger partial charge in [0, 0.05) is 32.0 Å². The van der Waals surface area contributed by atoms with Crippen LogP contribution in [-0.4, -0.2) is 51.9 Å². The van der Waals surface area contributed by atoms with Crippen LogP contribution in [0.2, 0.25) is 0 Å². The van der Waals surface area contributed by atoms with E-state index in [-0.39, 0.29) is 5.91 Å². The number of thiazole rings is 1. The van der Waals surface area contributed by atoms with Gasteiger partial charge in [0.1, 0.15) is 4.88 Å². The van der Waals surface area contributed by atoms with Crippen LogP contribution in [0.4, 0.5) is 0 Å². The number of hydrogen-bond donors (Lipinski definition) is 1. The molecule has 1 aromatic carbocycles. The molecule has 7 heteroatoms. The van der Waals surface area contributed by atoms with Gasteiger partial charge in [-0.25, -0.2) is 15.0 Å². The van der Waals surface area contributed by atoms with E-state index in [1.165, 1.54) is 23.3 Å². The van der Waals surface area contributed by atoms with E-state index in [9.17, 15) is 4.79 Å². The van der Waals surface area contributed by atoms with Crippen LogP contribution in [0.1, 0.15) is 40.2 Å². The number of aromatic nitrogens is 3. The molecular weight excluding hydrogens is 382 g/mol. The van der Waals surface area contributed by atoms with E-state index in [0.717, 1.165) is 25.3 Å². The number of hydrogen-bond acceptors (Lipinski definition) is 6. The summed E-state index contributed by atoms with van der Waals surface area (Å²) in [5, 5.41) is 3.76. The Morgan fingerprint density at radius 3 is 2.76 bits per heavy atom. The first-order valence-electron chi connectivity index (χ1n) is 10.1. The van der Waals surface area contributed by atoms with Crippen LogP contribution in [0.25, 0.3) is 10.8 Å². The predicted molar refractivity (Wildman–Crippen MR) is 115 cm³/mol. The predicted octanol–water partition coefficient (Wildman–Crippen LogP) is 3.38. The summed E-state index contributed by atoms with van der Waals surface area (Å²) in [5.74, 6) is 1.10. The van der Waals surface area contributed by atoms with Crippen molar-refractivity contribution in [1.82, 2.24) is 25.2 Å². The van der Waals surface area contributed by atoms with Crippen LogP contribution in [0.5, 0.6) is 0 Å². The van der Waals surface area contributed by atoms with Crippen LogP contribution < -0.4 is 5.32 Å². The van der Waals surface area contributed by atoms with Gasteiger partial charge < -0.3 is 10.2 Å². The lowest BCUT2D eigenvalue weighted by atomic mass is 9.99. The van der Waals surface area contributed by atoms with Crippen molar-refractivity contribution in [3.05, 3.63) is 64.9 Å². The number of amides is 1. The molecule has 1 amide bonds. The van der Waals surface area contributed by atoms with Crippen LogP contribution in [0.3, 0.4) is 0 Å². The highest BCUT2D eigenvalue weighted by atomic mass is 32.1. The van der Waals surface area contributed by atoms with Crippen molar-refractivity contribution in [2.75, 3.05) is 26.2 Å². The van der Waals surface area contributed by atoms with Crippen molar-refractivity contribution in [2.24, 2.45) is 0 Å². The molecular formula is C22H25N5OS. The van der Waals surface area contributed by atoms with Crippen molar-refractivity contribution < 1.29 is 4.79 Å². The van der Waals surface area contributed by atoms with E-state index >= 15 is 0 Å². The average Bonchev–Trinajstić information content (AvgIpc) is 3.42. The van der Waals surface area contributed by atoms with E-state index in [2.05, 4.69) is 55.5 Å². The van der Waals surface area contributed by atoms with E-state index < -0.39 is 0 Å². The fourth-order valence-corrected chi connectivity index (χ4v) is 4.73. The molecule has 1 N–H and O–H groups in total. The first-order chi connectivity index (χ1) is 14.2. The van der Waals surface area contributed by atoms with Gasteiger partial charge in [0.15, 0.2) is 10.8 Å². The van der Waals surface area contributed by atoms with Gasteiger partial charge in [0.05, 0.1) is 5.69 Å². The number of aryl methyl sites for hydroxylation is 1. The standard InChI is InChI=1S/C22H25N5OS/c1-2-18-19(29-22(26-18)20-23-10-6-11-24-20)21(28)25-12-14-27-13-9-17(15-27)16-7-4-3-5-8-16/h3-8,10-11,17H,2,9,12-15H2,1H3,(H,25,28). The summed E-state index contributed by atoms with van der Waals surface area (Å²) in [6, 6.07) is 12.5. The van der Waals surface area contributed by atoms with E-state index in [4.69, 9.17) is 0 Å². The minimum Gasteiger partial charge on any atom is -0.350 e. The van der Waals surface area contributed by atoms with Crippen molar-refractivity contribution in [2.45, 2.75) is 25.7 Å². The molecule has 1 saturated heterocycles. The van der Waals surface area contributed by atoms with Crippen LogP contribution >= 0.6 is 11.3 Å². The zero-order valence-corrected chi connectivity index (χ0v) is 17.4. The molecule has 150 valence electrons. The maximum Gasteiger partial charge on any atom is 0.263 e. The summed E-state index contributed by atoms with van der Waals surface area (Å²) in [6.07, 6.45) is 5.26. The molecule has 3 heterocycles. The Balaban J connectivity index is 1.32. The molecule has 4 rings (SSSR count). The van der Waals surface area contributed by atoms with Crippen LogP contribution in [0, 0.1) is 0 Å². The second kappa shape index (κ2) is 9.24. The molecule has 1 atom stereocenters. The van der Waals surface area contributed by atoms with Gasteiger partial charge in [-0.3, -0.25) is 4.79 Å². The maximum atomic E-state index is 12.7. The summed E-state index contributed by atoms with van der Waals surface area (Å²) < 4.78 is 0. The second-order valence-corrected chi connectivity index (χ2v) is 8.17. The number of nitrogens with one attached hydrogen (secondary N) is 1. The third-order valence-electron chi connectivity index (χ3n) is 5.25. The van der Waals surface area contributed by atoms with Gasteiger partial charge in [-0.15, -0.1) is 11.3 Å². The minimum atomic E-state index is -0.0552. The molecule has 0 radical (unpaired) electrons. The van der Waals surface area contributed by atoms with E-state index in [1.54, 1.807) is 18.5 Å².